The molecule has 1 rings (SSSR count). The van der Waals surface area contributed by atoms with Crippen LogP contribution in [-0.4, -0.2) is 54.6 Å². The van der Waals surface area contributed by atoms with E-state index >= 15 is 0 Å². The first kappa shape index (κ1) is 20.7. The number of nitriles is 1. The fourth-order valence-electron chi connectivity index (χ4n) is 1.71. The second kappa shape index (κ2) is 8.66. The molecule has 1 amide bonds. The molecular formula is C16H19N3O7. The SMILES string of the molecule is COc1cc(OCC(=O)OCC(=O)N(C)C(C)(C)C#N)ccc1[N+](=O)[O-]. The van der Waals surface area contributed by atoms with E-state index in [4.69, 9.17) is 19.5 Å². The molecule has 0 radical (unpaired) electrons. The average molecular weight is 365 g/mol. The first-order valence-electron chi connectivity index (χ1n) is 7.41. The minimum absolute atomic E-state index is 0.0172. The van der Waals surface area contributed by atoms with Gasteiger partial charge in [-0.1, -0.05) is 0 Å². The highest BCUT2D eigenvalue weighted by Crippen LogP contribution is 2.30. The van der Waals surface area contributed by atoms with Crippen LogP contribution in [0.2, 0.25) is 0 Å². The predicted octanol–water partition coefficient (Wildman–Crippen LogP) is 1.29. The maximum absolute atomic E-state index is 11.9. The number of esters is 1. The minimum atomic E-state index is -1.03. The second-order valence-electron chi connectivity index (χ2n) is 5.66. The quantitative estimate of drug-likeness (QED) is 0.382. The van der Waals surface area contributed by atoms with Gasteiger partial charge in [-0.15, -0.1) is 0 Å². The number of nitrogens with zero attached hydrogens (tertiary/aromatic N) is 3. The third kappa shape index (κ3) is 5.34. The van der Waals surface area contributed by atoms with E-state index in [1.807, 2.05) is 6.07 Å². The Labute approximate surface area is 150 Å². The molecule has 1 aromatic carbocycles. The summed E-state index contributed by atoms with van der Waals surface area (Å²) in [6.07, 6.45) is 0. The van der Waals surface area contributed by atoms with Crippen LogP contribution in [0, 0.1) is 21.4 Å². The summed E-state index contributed by atoms with van der Waals surface area (Å²) < 4.78 is 14.9. The fraction of sp³-hybridized carbons (Fsp3) is 0.438. The molecule has 0 heterocycles. The largest absolute Gasteiger partial charge is 0.490 e. The first-order chi connectivity index (χ1) is 12.1. The molecular weight excluding hydrogens is 346 g/mol. The Hall–Kier alpha value is -3.35. The van der Waals surface area contributed by atoms with E-state index in [1.54, 1.807) is 13.8 Å². The lowest BCUT2D eigenvalue weighted by Gasteiger charge is -2.28. The number of carbonyl (C=O) groups excluding carboxylic acids is 2. The highest BCUT2D eigenvalue weighted by Gasteiger charge is 2.27. The third-order valence-corrected chi connectivity index (χ3v) is 3.55. The zero-order valence-electron chi connectivity index (χ0n) is 14.8. The van der Waals surface area contributed by atoms with Gasteiger partial charge in [0.1, 0.15) is 11.3 Å². The Balaban J connectivity index is 2.56. The molecule has 0 aliphatic rings. The van der Waals surface area contributed by atoms with Gasteiger partial charge in [0.05, 0.1) is 18.1 Å². The van der Waals surface area contributed by atoms with Crippen LogP contribution < -0.4 is 9.47 Å². The van der Waals surface area contributed by atoms with Crippen molar-refractivity contribution in [1.82, 2.24) is 4.90 Å². The van der Waals surface area contributed by atoms with E-state index in [-0.39, 0.29) is 17.2 Å². The van der Waals surface area contributed by atoms with E-state index in [9.17, 15) is 19.7 Å². The van der Waals surface area contributed by atoms with E-state index in [1.165, 1.54) is 37.3 Å². The van der Waals surface area contributed by atoms with Crippen LogP contribution in [0.5, 0.6) is 11.5 Å². The predicted molar refractivity (Wildman–Crippen MR) is 88.6 cm³/mol. The minimum Gasteiger partial charge on any atom is -0.490 e. The summed E-state index contributed by atoms with van der Waals surface area (Å²) >= 11 is 0. The van der Waals surface area contributed by atoms with Crippen molar-refractivity contribution in [3.63, 3.8) is 0 Å². The van der Waals surface area contributed by atoms with Crippen molar-refractivity contribution in [3.05, 3.63) is 28.3 Å². The van der Waals surface area contributed by atoms with Crippen LogP contribution in [0.1, 0.15) is 13.8 Å². The standard InChI is InChI=1S/C16H19N3O7/c1-16(2,10-17)18(3)14(20)8-26-15(21)9-25-11-5-6-12(19(22)23)13(7-11)24-4/h5-7H,8-9H2,1-4H3. The van der Waals surface area contributed by atoms with Gasteiger partial charge < -0.3 is 19.1 Å². The number of amides is 1. The molecule has 10 nitrogen and oxygen atoms in total. The summed E-state index contributed by atoms with van der Waals surface area (Å²) in [7, 11) is 2.70. The van der Waals surface area contributed by atoms with Gasteiger partial charge in [-0.3, -0.25) is 14.9 Å². The van der Waals surface area contributed by atoms with Crippen molar-refractivity contribution < 1.29 is 28.7 Å². The Morgan fingerprint density at radius 2 is 2.00 bits per heavy atom. The van der Waals surface area contributed by atoms with Crippen molar-refractivity contribution in [1.29, 1.82) is 5.26 Å². The molecule has 0 fully saturated rings. The van der Waals surface area contributed by atoms with E-state index < -0.39 is 35.6 Å². The summed E-state index contributed by atoms with van der Waals surface area (Å²) in [5.74, 6) is -1.20. The van der Waals surface area contributed by atoms with Crippen LogP contribution in [0.25, 0.3) is 0 Å². The lowest BCUT2D eigenvalue weighted by atomic mass is 10.1. The molecule has 0 aliphatic heterocycles. The second-order valence-corrected chi connectivity index (χ2v) is 5.66. The third-order valence-electron chi connectivity index (χ3n) is 3.55. The van der Waals surface area contributed by atoms with Crippen molar-refractivity contribution in [3.8, 4) is 17.6 Å². The van der Waals surface area contributed by atoms with Crippen LogP contribution in [0.4, 0.5) is 5.69 Å². The summed E-state index contributed by atoms with van der Waals surface area (Å²) in [6, 6.07) is 5.71. The maximum atomic E-state index is 11.9. The zero-order chi connectivity index (χ0) is 19.9. The van der Waals surface area contributed by atoms with E-state index in [0.717, 1.165) is 0 Å². The van der Waals surface area contributed by atoms with Gasteiger partial charge in [0.15, 0.2) is 13.2 Å². The molecule has 0 N–H and O–H groups in total. The number of nitro groups is 1. The lowest BCUT2D eigenvalue weighted by Crippen LogP contribution is -2.45. The topological polar surface area (TPSA) is 132 Å². The Morgan fingerprint density at radius 3 is 2.54 bits per heavy atom. The summed E-state index contributed by atoms with van der Waals surface area (Å²) in [6.45, 7) is 2.07. The van der Waals surface area contributed by atoms with Crippen molar-refractivity contribution in [2.24, 2.45) is 0 Å². The number of hydrogen-bond acceptors (Lipinski definition) is 8. The van der Waals surface area contributed by atoms with Crippen LogP contribution in [-0.2, 0) is 14.3 Å². The molecule has 0 saturated carbocycles. The molecule has 0 aromatic heterocycles. The maximum Gasteiger partial charge on any atom is 0.344 e. The molecule has 0 atom stereocenters. The molecule has 0 unspecified atom stereocenters. The van der Waals surface area contributed by atoms with Crippen molar-refractivity contribution in [2.45, 2.75) is 19.4 Å². The number of ether oxygens (including phenoxy) is 3. The van der Waals surface area contributed by atoms with Gasteiger partial charge in [0, 0.05) is 19.2 Å². The number of nitro benzene ring substituents is 1. The van der Waals surface area contributed by atoms with Gasteiger partial charge in [-0.2, -0.15) is 5.26 Å². The summed E-state index contributed by atoms with van der Waals surface area (Å²) in [5.41, 5.74) is -1.27. The average Bonchev–Trinajstić information content (AvgIpc) is 2.63. The monoisotopic (exact) mass is 365 g/mol. The molecule has 1 aromatic rings. The van der Waals surface area contributed by atoms with Crippen molar-refractivity contribution in [2.75, 3.05) is 27.4 Å². The molecule has 0 bridgehead atoms. The Kier molecular flexibility index (Phi) is 6.89. The molecule has 0 saturated heterocycles. The molecule has 0 aliphatic carbocycles. The van der Waals surface area contributed by atoms with Gasteiger partial charge in [-0.05, 0) is 19.9 Å². The van der Waals surface area contributed by atoms with E-state index in [2.05, 4.69) is 0 Å². The number of methoxy groups -OCH3 is 1. The molecule has 140 valence electrons. The van der Waals surface area contributed by atoms with Gasteiger partial charge in [0.25, 0.3) is 5.91 Å². The van der Waals surface area contributed by atoms with E-state index in [0.29, 0.717) is 0 Å². The number of hydrogen-bond donors (Lipinski definition) is 0. The zero-order valence-corrected chi connectivity index (χ0v) is 14.8. The van der Waals surface area contributed by atoms with Crippen LogP contribution >= 0.6 is 0 Å². The Morgan fingerprint density at radius 1 is 1.35 bits per heavy atom. The smallest absolute Gasteiger partial charge is 0.344 e. The molecule has 10 heteroatoms. The highest BCUT2D eigenvalue weighted by molar-refractivity contribution is 5.81. The normalized spacial score (nSPS) is 10.4. The number of carbonyl (C=O) groups is 2. The summed E-state index contributed by atoms with van der Waals surface area (Å²) in [5, 5.41) is 19.8. The van der Waals surface area contributed by atoms with Crippen LogP contribution in [0.15, 0.2) is 18.2 Å². The van der Waals surface area contributed by atoms with Gasteiger partial charge in [0.2, 0.25) is 5.75 Å². The van der Waals surface area contributed by atoms with Gasteiger partial charge in [-0.25, -0.2) is 4.79 Å². The fourth-order valence-corrected chi connectivity index (χ4v) is 1.71. The first-order valence-corrected chi connectivity index (χ1v) is 7.41. The lowest BCUT2D eigenvalue weighted by molar-refractivity contribution is -0.385. The summed E-state index contributed by atoms with van der Waals surface area (Å²) in [4.78, 5) is 34.9. The number of rotatable bonds is 8. The Bertz CT molecular complexity index is 740. The molecule has 26 heavy (non-hydrogen) atoms. The number of likely N-dealkylation sites (N-methyl/N-ethyl adjacent to an activating group) is 1. The van der Waals surface area contributed by atoms with Crippen LogP contribution in [0.3, 0.4) is 0 Å². The van der Waals surface area contributed by atoms with Crippen molar-refractivity contribution >= 4 is 17.6 Å². The van der Waals surface area contributed by atoms with Gasteiger partial charge >= 0.3 is 11.7 Å². The highest BCUT2D eigenvalue weighted by atomic mass is 16.6. The molecule has 0 spiro atoms. The number of benzene rings is 1.